The molecule has 0 fully saturated rings. The minimum Gasteiger partial charge on any atom is -0.331 e. The first-order valence-corrected chi connectivity index (χ1v) is 9.75. The van der Waals surface area contributed by atoms with Crippen molar-refractivity contribution in [2.75, 3.05) is 6.54 Å². The zero-order chi connectivity index (χ0) is 17.9. The Balaban J connectivity index is 1.59. The third kappa shape index (κ3) is 3.42. The standard InChI is InChI=1S/C22H20FNOS/c23-18-9-7-17(8-10-18)22-19-13-15-26-20(19)12-14-24(22)21(25)11-6-16-4-2-1-3-5-16/h1-5,7-10,13,15,22H,6,11-12,14H2/t22-/m1/s1. The van der Waals surface area contributed by atoms with E-state index in [1.165, 1.54) is 28.1 Å². The lowest BCUT2D eigenvalue weighted by Crippen LogP contribution is -2.40. The summed E-state index contributed by atoms with van der Waals surface area (Å²) in [7, 11) is 0. The van der Waals surface area contributed by atoms with Crippen molar-refractivity contribution < 1.29 is 9.18 Å². The second-order valence-electron chi connectivity index (χ2n) is 6.58. The fourth-order valence-electron chi connectivity index (χ4n) is 3.63. The van der Waals surface area contributed by atoms with Gasteiger partial charge in [-0.3, -0.25) is 4.79 Å². The van der Waals surface area contributed by atoms with Gasteiger partial charge in [0.15, 0.2) is 0 Å². The molecular formula is C22H20FNOS. The van der Waals surface area contributed by atoms with Gasteiger partial charge < -0.3 is 4.90 Å². The fourth-order valence-corrected chi connectivity index (χ4v) is 4.53. The molecule has 0 unspecified atom stereocenters. The number of thiophene rings is 1. The second-order valence-corrected chi connectivity index (χ2v) is 7.58. The van der Waals surface area contributed by atoms with Crippen molar-refractivity contribution in [1.82, 2.24) is 4.90 Å². The number of hydrogen-bond acceptors (Lipinski definition) is 2. The molecule has 1 aliphatic heterocycles. The average Bonchev–Trinajstić information content (AvgIpc) is 3.16. The Morgan fingerprint density at radius 2 is 1.85 bits per heavy atom. The summed E-state index contributed by atoms with van der Waals surface area (Å²) >= 11 is 1.74. The largest absolute Gasteiger partial charge is 0.331 e. The maximum Gasteiger partial charge on any atom is 0.223 e. The number of nitrogens with zero attached hydrogens (tertiary/aromatic N) is 1. The van der Waals surface area contributed by atoms with Crippen LogP contribution in [0.25, 0.3) is 0 Å². The van der Waals surface area contributed by atoms with Gasteiger partial charge in [0, 0.05) is 17.8 Å². The van der Waals surface area contributed by atoms with Crippen molar-refractivity contribution in [1.29, 1.82) is 0 Å². The molecule has 0 N–H and O–H groups in total. The summed E-state index contributed by atoms with van der Waals surface area (Å²) in [5.41, 5.74) is 3.33. The Labute approximate surface area is 156 Å². The molecule has 26 heavy (non-hydrogen) atoms. The summed E-state index contributed by atoms with van der Waals surface area (Å²) in [5.74, 6) is -0.0999. The van der Waals surface area contributed by atoms with E-state index in [1.54, 1.807) is 23.5 Å². The molecular weight excluding hydrogens is 345 g/mol. The molecule has 3 aromatic rings. The van der Waals surface area contributed by atoms with E-state index >= 15 is 0 Å². The fraction of sp³-hybridized carbons (Fsp3) is 0.227. The van der Waals surface area contributed by atoms with E-state index in [9.17, 15) is 9.18 Å². The van der Waals surface area contributed by atoms with Gasteiger partial charge >= 0.3 is 0 Å². The maximum absolute atomic E-state index is 13.4. The molecule has 2 heterocycles. The van der Waals surface area contributed by atoms with E-state index in [-0.39, 0.29) is 17.8 Å². The minimum absolute atomic E-state index is 0.117. The smallest absolute Gasteiger partial charge is 0.223 e. The molecule has 0 spiro atoms. The highest BCUT2D eigenvalue weighted by Gasteiger charge is 2.32. The first-order chi connectivity index (χ1) is 12.7. The second kappa shape index (κ2) is 7.42. The minimum atomic E-state index is -0.253. The van der Waals surface area contributed by atoms with Crippen LogP contribution < -0.4 is 0 Å². The number of halogens is 1. The van der Waals surface area contributed by atoms with Crippen LogP contribution in [0.2, 0.25) is 0 Å². The topological polar surface area (TPSA) is 20.3 Å². The SMILES string of the molecule is O=C(CCc1ccccc1)N1CCc2sccc2[C@H]1c1ccc(F)cc1. The summed E-state index contributed by atoms with van der Waals surface area (Å²) in [6.07, 6.45) is 2.12. The Hall–Kier alpha value is -2.46. The third-order valence-electron chi connectivity index (χ3n) is 4.94. The van der Waals surface area contributed by atoms with Crippen LogP contribution in [0.1, 0.15) is 34.0 Å². The van der Waals surface area contributed by atoms with Gasteiger partial charge in [-0.05, 0) is 53.1 Å². The first kappa shape index (κ1) is 17.0. The quantitative estimate of drug-likeness (QED) is 0.637. The number of rotatable bonds is 4. The van der Waals surface area contributed by atoms with E-state index in [4.69, 9.17) is 0 Å². The Morgan fingerprint density at radius 3 is 2.62 bits per heavy atom. The molecule has 1 aromatic heterocycles. The number of carbonyl (C=O) groups excluding carboxylic acids is 1. The summed E-state index contributed by atoms with van der Waals surface area (Å²) in [6, 6.07) is 18.6. The molecule has 1 aliphatic rings. The van der Waals surface area contributed by atoms with Gasteiger partial charge in [-0.1, -0.05) is 42.5 Å². The van der Waals surface area contributed by atoms with Crippen LogP contribution >= 0.6 is 11.3 Å². The van der Waals surface area contributed by atoms with Gasteiger partial charge in [0.1, 0.15) is 5.82 Å². The molecule has 4 heteroatoms. The average molecular weight is 365 g/mol. The van der Waals surface area contributed by atoms with Crippen molar-refractivity contribution in [2.45, 2.75) is 25.3 Å². The number of carbonyl (C=O) groups is 1. The Morgan fingerprint density at radius 1 is 1.08 bits per heavy atom. The van der Waals surface area contributed by atoms with E-state index in [1.807, 2.05) is 23.1 Å². The van der Waals surface area contributed by atoms with Crippen molar-refractivity contribution in [3.05, 3.63) is 93.4 Å². The predicted octanol–water partition coefficient (Wildman–Crippen LogP) is 4.99. The summed E-state index contributed by atoms with van der Waals surface area (Å²) < 4.78 is 13.4. The molecule has 0 saturated heterocycles. The molecule has 1 atom stereocenters. The molecule has 0 radical (unpaired) electrons. The number of benzene rings is 2. The Bertz CT molecular complexity index is 888. The Kier molecular flexibility index (Phi) is 4.85. The van der Waals surface area contributed by atoms with Crippen molar-refractivity contribution in [3.63, 3.8) is 0 Å². The van der Waals surface area contributed by atoms with Gasteiger partial charge in [0.2, 0.25) is 5.91 Å². The van der Waals surface area contributed by atoms with Gasteiger partial charge in [0.25, 0.3) is 0 Å². The maximum atomic E-state index is 13.4. The highest BCUT2D eigenvalue weighted by atomic mass is 32.1. The summed E-state index contributed by atoms with van der Waals surface area (Å²) in [5, 5.41) is 2.08. The number of aryl methyl sites for hydroxylation is 1. The number of fused-ring (bicyclic) bond motifs is 1. The lowest BCUT2D eigenvalue weighted by atomic mass is 9.92. The summed E-state index contributed by atoms with van der Waals surface area (Å²) in [4.78, 5) is 16.3. The zero-order valence-electron chi connectivity index (χ0n) is 14.4. The monoisotopic (exact) mass is 365 g/mol. The third-order valence-corrected chi connectivity index (χ3v) is 5.94. The highest BCUT2D eigenvalue weighted by Crippen LogP contribution is 2.38. The van der Waals surface area contributed by atoms with Gasteiger partial charge in [-0.25, -0.2) is 4.39 Å². The number of amides is 1. The molecule has 2 aromatic carbocycles. The van der Waals surface area contributed by atoms with Gasteiger partial charge in [-0.2, -0.15) is 0 Å². The van der Waals surface area contributed by atoms with Crippen molar-refractivity contribution in [2.24, 2.45) is 0 Å². The molecule has 1 amide bonds. The lowest BCUT2D eigenvalue weighted by Gasteiger charge is -2.36. The van der Waals surface area contributed by atoms with Crippen LogP contribution in [0.15, 0.2) is 66.0 Å². The van der Waals surface area contributed by atoms with Gasteiger partial charge in [-0.15, -0.1) is 11.3 Å². The highest BCUT2D eigenvalue weighted by molar-refractivity contribution is 7.10. The van der Waals surface area contributed by atoms with Crippen molar-refractivity contribution in [3.8, 4) is 0 Å². The molecule has 2 nitrogen and oxygen atoms in total. The van der Waals surface area contributed by atoms with E-state index < -0.39 is 0 Å². The van der Waals surface area contributed by atoms with Crippen LogP contribution in [0, 0.1) is 5.82 Å². The first-order valence-electron chi connectivity index (χ1n) is 8.87. The lowest BCUT2D eigenvalue weighted by molar-refractivity contribution is -0.133. The molecule has 4 rings (SSSR count). The molecule has 0 bridgehead atoms. The van der Waals surface area contributed by atoms with Gasteiger partial charge in [0.05, 0.1) is 6.04 Å². The summed E-state index contributed by atoms with van der Waals surface area (Å²) in [6.45, 7) is 0.711. The van der Waals surface area contributed by atoms with Crippen LogP contribution in [0.5, 0.6) is 0 Å². The van der Waals surface area contributed by atoms with Crippen LogP contribution in [0.4, 0.5) is 4.39 Å². The predicted molar refractivity (Wildman–Crippen MR) is 103 cm³/mol. The van der Waals surface area contributed by atoms with E-state index in [0.717, 1.165) is 18.4 Å². The van der Waals surface area contributed by atoms with E-state index in [0.29, 0.717) is 13.0 Å². The van der Waals surface area contributed by atoms with Crippen LogP contribution in [-0.4, -0.2) is 17.4 Å². The van der Waals surface area contributed by atoms with E-state index in [2.05, 4.69) is 23.6 Å². The van der Waals surface area contributed by atoms with Crippen LogP contribution in [0.3, 0.4) is 0 Å². The molecule has 0 aliphatic carbocycles. The molecule has 132 valence electrons. The zero-order valence-corrected chi connectivity index (χ0v) is 15.2. The normalized spacial score (nSPS) is 16.3. The number of hydrogen-bond donors (Lipinski definition) is 0. The van der Waals surface area contributed by atoms with Crippen LogP contribution in [-0.2, 0) is 17.6 Å². The van der Waals surface area contributed by atoms with Crippen molar-refractivity contribution >= 4 is 17.2 Å². The molecule has 0 saturated carbocycles.